The number of phenolic OH excluding ortho intramolecular Hbond substituents is 1. The minimum absolute atomic E-state index is 0.162. The Kier molecular flexibility index (Phi) is 2.76. The van der Waals surface area contributed by atoms with Crippen LogP contribution in [-0.4, -0.2) is 10.2 Å². The molecule has 0 fully saturated rings. The van der Waals surface area contributed by atoms with Gasteiger partial charge in [-0.05, 0) is 30.7 Å². The van der Waals surface area contributed by atoms with Crippen molar-refractivity contribution in [3.05, 3.63) is 65.4 Å². The predicted molar refractivity (Wildman–Crippen MR) is 73.1 cm³/mol. The van der Waals surface area contributed by atoms with Gasteiger partial charge in [-0.1, -0.05) is 30.3 Å². The Balaban J connectivity index is 2.19. The number of furan rings is 1. The molecule has 3 aromatic rings. The summed E-state index contributed by atoms with van der Waals surface area (Å²) in [4.78, 5) is 0. The van der Waals surface area contributed by atoms with Crippen molar-refractivity contribution in [1.29, 1.82) is 0 Å². The highest BCUT2D eigenvalue weighted by molar-refractivity contribution is 5.84. The number of hydrogen-bond donors (Lipinski definition) is 2. The van der Waals surface area contributed by atoms with E-state index >= 15 is 0 Å². The zero-order valence-corrected chi connectivity index (χ0v) is 10.5. The van der Waals surface area contributed by atoms with Crippen molar-refractivity contribution in [2.24, 2.45) is 0 Å². The lowest BCUT2D eigenvalue weighted by molar-refractivity contribution is 0.219. The SMILES string of the molecule is Cc1oc2ccc(O)cc2c1C(O)c1ccccc1. The topological polar surface area (TPSA) is 53.6 Å². The van der Waals surface area contributed by atoms with E-state index in [2.05, 4.69) is 0 Å². The molecule has 3 heteroatoms. The third kappa shape index (κ3) is 1.98. The van der Waals surface area contributed by atoms with E-state index in [4.69, 9.17) is 4.42 Å². The molecule has 3 nitrogen and oxygen atoms in total. The highest BCUT2D eigenvalue weighted by atomic mass is 16.3. The Bertz CT molecular complexity index is 713. The summed E-state index contributed by atoms with van der Waals surface area (Å²) in [7, 11) is 0. The molecule has 1 unspecified atom stereocenters. The molecule has 0 saturated carbocycles. The van der Waals surface area contributed by atoms with Crippen LogP contribution in [0, 0.1) is 6.92 Å². The van der Waals surface area contributed by atoms with Crippen LogP contribution in [0.5, 0.6) is 5.75 Å². The van der Waals surface area contributed by atoms with Crippen LogP contribution in [0.1, 0.15) is 23.0 Å². The van der Waals surface area contributed by atoms with Gasteiger partial charge in [0.2, 0.25) is 0 Å². The zero-order chi connectivity index (χ0) is 13.4. The third-order valence-electron chi connectivity index (χ3n) is 3.28. The minimum Gasteiger partial charge on any atom is -0.508 e. The van der Waals surface area contributed by atoms with Crippen molar-refractivity contribution in [1.82, 2.24) is 0 Å². The van der Waals surface area contributed by atoms with Gasteiger partial charge in [0.05, 0.1) is 0 Å². The molecule has 19 heavy (non-hydrogen) atoms. The van der Waals surface area contributed by atoms with Crippen molar-refractivity contribution in [3.8, 4) is 5.75 Å². The first kappa shape index (κ1) is 11.8. The average molecular weight is 254 g/mol. The molecule has 0 spiro atoms. The van der Waals surface area contributed by atoms with Gasteiger partial charge in [-0.25, -0.2) is 0 Å². The van der Waals surface area contributed by atoms with Gasteiger partial charge in [0.15, 0.2) is 0 Å². The summed E-state index contributed by atoms with van der Waals surface area (Å²) >= 11 is 0. The van der Waals surface area contributed by atoms with E-state index in [9.17, 15) is 10.2 Å². The van der Waals surface area contributed by atoms with Gasteiger partial charge >= 0.3 is 0 Å². The summed E-state index contributed by atoms with van der Waals surface area (Å²) in [6.07, 6.45) is -0.760. The first-order valence-corrected chi connectivity index (χ1v) is 6.12. The van der Waals surface area contributed by atoms with Gasteiger partial charge in [-0.2, -0.15) is 0 Å². The first-order valence-electron chi connectivity index (χ1n) is 6.12. The third-order valence-corrected chi connectivity index (χ3v) is 3.28. The van der Waals surface area contributed by atoms with Crippen molar-refractivity contribution in [3.63, 3.8) is 0 Å². The molecule has 2 aromatic carbocycles. The van der Waals surface area contributed by atoms with E-state index in [1.165, 1.54) is 0 Å². The van der Waals surface area contributed by atoms with E-state index in [-0.39, 0.29) is 5.75 Å². The molecular weight excluding hydrogens is 240 g/mol. The Hall–Kier alpha value is -2.26. The lowest BCUT2D eigenvalue weighted by atomic mass is 9.99. The summed E-state index contributed by atoms with van der Waals surface area (Å²) in [5.74, 6) is 0.826. The van der Waals surface area contributed by atoms with Gasteiger partial charge in [0.1, 0.15) is 23.2 Å². The van der Waals surface area contributed by atoms with Crippen LogP contribution in [0.4, 0.5) is 0 Å². The highest BCUT2D eigenvalue weighted by Crippen LogP contribution is 2.35. The van der Waals surface area contributed by atoms with Crippen LogP contribution in [0.2, 0.25) is 0 Å². The Morgan fingerprint density at radius 3 is 2.53 bits per heavy atom. The van der Waals surface area contributed by atoms with Crippen LogP contribution < -0.4 is 0 Å². The number of aromatic hydroxyl groups is 1. The summed E-state index contributed by atoms with van der Waals surface area (Å²) in [6, 6.07) is 14.3. The molecule has 0 amide bonds. The summed E-state index contributed by atoms with van der Waals surface area (Å²) in [6.45, 7) is 1.82. The summed E-state index contributed by atoms with van der Waals surface area (Å²) < 4.78 is 5.63. The van der Waals surface area contributed by atoms with E-state index in [1.807, 2.05) is 37.3 Å². The maximum Gasteiger partial charge on any atom is 0.134 e. The fourth-order valence-electron chi connectivity index (χ4n) is 2.37. The Morgan fingerprint density at radius 1 is 1.05 bits per heavy atom. The molecule has 0 bridgehead atoms. The Morgan fingerprint density at radius 2 is 1.79 bits per heavy atom. The van der Waals surface area contributed by atoms with Crippen LogP contribution in [0.15, 0.2) is 52.9 Å². The van der Waals surface area contributed by atoms with E-state index in [1.54, 1.807) is 18.2 Å². The largest absolute Gasteiger partial charge is 0.508 e. The van der Waals surface area contributed by atoms with Gasteiger partial charge in [-0.15, -0.1) is 0 Å². The van der Waals surface area contributed by atoms with Crippen molar-refractivity contribution in [2.75, 3.05) is 0 Å². The van der Waals surface area contributed by atoms with Gasteiger partial charge in [0, 0.05) is 10.9 Å². The fourth-order valence-corrected chi connectivity index (χ4v) is 2.37. The van der Waals surface area contributed by atoms with Crippen LogP contribution in [0.3, 0.4) is 0 Å². The average Bonchev–Trinajstić information content (AvgIpc) is 2.74. The highest BCUT2D eigenvalue weighted by Gasteiger charge is 2.20. The number of hydrogen-bond acceptors (Lipinski definition) is 3. The molecule has 0 saturated heterocycles. The van der Waals surface area contributed by atoms with E-state index in [0.717, 1.165) is 10.9 Å². The molecule has 0 radical (unpaired) electrons. The lowest BCUT2D eigenvalue weighted by Gasteiger charge is -2.10. The predicted octanol–water partition coefficient (Wildman–Crippen LogP) is 3.53. The van der Waals surface area contributed by atoms with Crippen LogP contribution in [-0.2, 0) is 0 Å². The fraction of sp³-hybridized carbons (Fsp3) is 0.125. The molecule has 1 heterocycles. The quantitative estimate of drug-likeness (QED) is 0.735. The smallest absolute Gasteiger partial charge is 0.134 e. The lowest BCUT2D eigenvalue weighted by Crippen LogP contribution is -2.00. The molecule has 1 atom stereocenters. The number of aliphatic hydroxyl groups excluding tert-OH is 1. The maximum atomic E-state index is 10.5. The minimum atomic E-state index is -0.760. The normalized spacial score (nSPS) is 12.7. The molecule has 2 N–H and O–H groups in total. The van der Waals surface area contributed by atoms with Gasteiger partial charge in [-0.3, -0.25) is 0 Å². The van der Waals surface area contributed by atoms with Crippen molar-refractivity contribution in [2.45, 2.75) is 13.0 Å². The number of benzene rings is 2. The second kappa shape index (κ2) is 4.44. The summed E-state index contributed by atoms with van der Waals surface area (Å²) in [5, 5.41) is 20.8. The summed E-state index contributed by atoms with van der Waals surface area (Å²) in [5.41, 5.74) is 2.18. The number of rotatable bonds is 2. The van der Waals surface area contributed by atoms with Gasteiger partial charge < -0.3 is 14.6 Å². The van der Waals surface area contributed by atoms with Crippen LogP contribution >= 0.6 is 0 Å². The second-order valence-electron chi connectivity index (χ2n) is 4.57. The second-order valence-corrected chi connectivity index (χ2v) is 4.57. The molecular formula is C16H14O3. The molecule has 96 valence electrons. The zero-order valence-electron chi connectivity index (χ0n) is 10.5. The first-order chi connectivity index (χ1) is 9.16. The van der Waals surface area contributed by atoms with Gasteiger partial charge in [0.25, 0.3) is 0 Å². The number of phenols is 1. The molecule has 3 rings (SSSR count). The molecule has 0 aliphatic carbocycles. The maximum absolute atomic E-state index is 10.5. The van der Waals surface area contributed by atoms with E-state index in [0.29, 0.717) is 16.9 Å². The van der Waals surface area contributed by atoms with Crippen molar-refractivity contribution >= 4 is 11.0 Å². The van der Waals surface area contributed by atoms with Crippen molar-refractivity contribution < 1.29 is 14.6 Å². The number of fused-ring (bicyclic) bond motifs is 1. The number of aliphatic hydroxyl groups is 1. The molecule has 0 aliphatic heterocycles. The van der Waals surface area contributed by atoms with Crippen LogP contribution in [0.25, 0.3) is 11.0 Å². The Labute approximate surface area is 110 Å². The number of aryl methyl sites for hydroxylation is 1. The van der Waals surface area contributed by atoms with E-state index < -0.39 is 6.10 Å². The standard InChI is InChI=1S/C16H14O3/c1-10-15(16(18)11-5-3-2-4-6-11)13-9-12(17)7-8-14(13)19-10/h2-9,16-18H,1H3. The molecule has 0 aliphatic rings. The monoisotopic (exact) mass is 254 g/mol. The molecule has 1 aromatic heterocycles.